The first-order chi connectivity index (χ1) is 13.4. The number of hydrogen-bond acceptors (Lipinski definition) is 3. The van der Waals surface area contributed by atoms with Crippen molar-refractivity contribution in [2.24, 2.45) is 0 Å². The fraction of sp³-hybridized carbons (Fsp3) is 0.364. The number of rotatable bonds is 6. The second kappa shape index (κ2) is 8.87. The second-order valence-corrected chi connectivity index (χ2v) is 7.36. The van der Waals surface area contributed by atoms with Crippen molar-refractivity contribution < 1.29 is 14.0 Å². The molecule has 1 aliphatic heterocycles. The minimum absolute atomic E-state index is 0.0697. The number of amides is 2. The van der Waals surface area contributed by atoms with Crippen LogP contribution in [0.25, 0.3) is 0 Å². The number of halogens is 1. The lowest BCUT2D eigenvalue weighted by atomic mass is 9.95. The summed E-state index contributed by atoms with van der Waals surface area (Å²) in [6.45, 7) is 5.22. The molecule has 1 heterocycles. The fourth-order valence-corrected chi connectivity index (χ4v) is 3.45. The van der Waals surface area contributed by atoms with Gasteiger partial charge < -0.3 is 15.5 Å². The molecule has 0 bridgehead atoms. The van der Waals surface area contributed by atoms with Gasteiger partial charge in [0.05, 0.1) is 6.54 Å². The SMILES string of the molecule is CC(C)NC(=O)c1cccc2c1CCCN2CC(=O)NCc1ccc(F)cc1. The maximum Gasteiger partial charge on any atom is 0.251 e. The molecule has 5 nitrogen and oxygen atoms in total. The van der Waals surface area contributed by atoms with Crippen molar-refractivity contribution in [1.29, 1.82) is 0 Å². The van der Waals surface area contributed by atoms with Gasteiger partial charge in [-0.3, -0.25) is 9.59 Å². The first kappa shape index (κ1) is 19.9. The standard InChI is InChI=1S/C22H26FN3O2/c1-15(2)25-22(28)19-5-3-7-20-18(19)6-4-12-26(20)14-21(27)24-13-16-8-10-17(23)11-9-16/h3,5,7-11,15H,4,6,12-14H2,1-2H3,(H,24,27)(H,25,28). The molecule has 0 fully saturated rings. The average molecular weight is 383 g/mol. The normalized spacial score (nSPS) is 13.2. The molecule has 3 rings (SSSR count). The van der Waals surface area contributed by atoms with E-state index < -0.39 is 0 Å². The molecule has 0 saturated carbocycles. The molecule has 0 aromatic heterocycles. The predicted octanol–water partition coefficient (Wildman–Crippen LogP) is 3.03. The van der Waals surface area contributed by atoms with E-state index in [-0.39, 0.29) is 30.2 Å². The zero-order valence-electron chi connectivity index (χ0n) is 16.3. The summed E-state index contributed by atoms with van der Waals surface area (Å²) in [6, 6.07) is 11.8. The number of benzene rings is 2. The van der Waals surface area contributed by atoms with Crippen molar-refractivity contribution in [2.45, 2.75) is 39.3 Å². The Morgan fingerprint density at radius 3 is 2.61 bits per heavy atom. The number of nitrogens with one attached hydrogen (secondary N) is 2. The van der Waals surface area contributed by atoms with Crippen molar-refractivity contribution in [1.82, 2.24) is 10.6 Å². The van der Waals surface area contributed by atoms with Crippen LogP contribution in [0, 0.1) is 5.82 Å². The van der Waals surface area contributed by atoms with Crippen molar-refractivity contribution in [3.63, 3.8) is 0 Å². The number of carbonyl (C=O) groups excluding carboxylic acids is 2. The molecule has 2 aromatic rings. The maximum absolute atomic E-state index is 13.0. The van der Waals surface area contributed by atoms with Gasteiger partial charge in [0.15, 0.2) is 0 Å². The third kappa shape index (κ3) is 4.88. The summed E-state index contributed by atoms with van der Waals surface area (Å²) in [7, 11) is 0. The number of fused-ring (bicyclic) bond motifs is 1. The Hall–Kier alpha value is -2.89. The van der Waals surface area contributed by atoms with Gasteiger partial charge in [-0.2, -0.15) is 0 Å². The molecule has 1 aliphatic rings. The maximum atomic E-state index is 13.0. The van der Waals surface area contributed by atoms with Crippen molar-refractivity contribution in [3.05, 3.63) is 65.0 Å². The van der Waals surface area contributed by atoms with E-state index in [9.17, 15) is 14.0 Å². The summed E-state index contributed by atoms with van der Waals surface area (Å²) < 4.78 is 13.0. The van der Waals surface area contributed by atoms with E-state index in [1.807, 2.05) is 36.9 Å². The number of nitrogens with zero attached hydrogens (tertiary/aromatic N) is 1. The van der Waals surface area contributed by atoms with Gasteiger partial charge in [-0.1, -0.05) is 18.2 Å². The first-order valence-corrected chi connectivity index (χ1v) is 9.63. The molecule has 148 valence electrons. The molecule has 2 amide bonds. The molecule has 28 heavy (non-hydrogen) atoms. The average Bonchev–Trinajstić information content (AvgIpc) is 2.67. The molecule has 0 radical (unpaired) electrons. The highest BCUT2D eigenvalue weighted by Crippen LogP contribution is 2.29. The summed E-state index contributed by atoms with van der Waals surface area (Å²) in [5.74, 6) is -0.471. The molecule has 2 N–H and O–H groups in total. The monoisotopic (exact) mass is 383 g/mol. The van der Waals surface area contributed by atoms with Gasteiger partial charge in [0, 0.05) is 30.4 Å². The number of hydrogen-bond donors (Lipinski definition) is 2. The summed E-state index contributed by atoms with van der Waals surface area (Å²) in [5.41, 5.74) is 3.47. The van der Waals surface area contributed by atoms with E-state index in [0.29, 0.717) is 12.1 Å². The summed E-state index contributed by atoms with van der Waals surface area (Å²) in [5, 5.41) is 5.82. The van der Waals surface area contributed by atoms with E-state index in [1.54, 1.807) is 12.1 Å². The van der Waals surface area contributed by atoms with Gasteiger partial charge in [0.25, 0.3) is 5.91 Å². The van der Waals surface area contributed by atoms with Gasteiger partial charge >= 0.3 is 0 Å². The van der Waals surface area contributed by atoms with E-state index in [4.69, 9.17) is 0 Å². The van der Waals surface area contributed by atoms with Crippen LogP contribution in [-0.2, 0) is 17.8 Å². The minimum Gasteiger partial charge on any atom is -0.362 e. The van der Waals surface area contributed by atoms with E-state index >= 15 is 0 Å². The van der Waals surface area contributed by atoms with Gasteiger partial charge in [0.2, 0.25) is 5.91 Å². The second-order valence-electron chi connectivity index (χ2n) is 7.36. The summed E-state index contributed by atoms with van der Waals surface area (Å²) >= 11 is 0. The quantitative estimate of drug-likeness (QED) is 0.806. The minimum atomic E-state index is -0.294. The lowest BCUT2D eigenvalue weighted by Crippen LogP contribution is -2.40. The lowest BCUT2D eigenvalue weighted by Gasteiger charge is -2.32. The summed E-state index contributed by atoms with van der Waals surface area (Å²) in [6.07, 6.45) is 1.72. The first-order valence-electron chi connectivity index (χ1n) is 9.63. The molecule has 0 saturated heterocycles. The van der Waals surface area contributed by atoms with Crippen LogP contribution < -0.4 is 15.5 Å². The highest BCUT2D eigenvalue weighted by atomic mass is 19.1. The summed E-state index contributed by atoms with van der Waals surface area (Å²) in [4.78, 5) is 26.9. The van der Waals surface area contributed by atoms with E-state index in [0.717, 1.165) is 36.2 Å². The third-order valence-corrected chi connectivity index (χ3v) is 4.75. The van der Waals surface area contributed by atoms with Crippen LogP contribution in [0.15, 0.2) is 42.5 Å². The lowest BCUT2D eigenvalue weighted by molar-refractivity contribution is -0.119. The van der Waals surface area contributed by atoms with Crippen LogP contribution in [-0.4, -0.2) is 30.9 Å². The van der Waals surface area contributed by atoms with Crippen molar-refractivity contribution >= 4 is 17.5 Å². The highest BCUT2D eigenvalue weighted by molar-refractivity contribution is 5.97. The Morgan fingerprint density at radius 2 is 1.89 bits per heavy atom. The molecule has 0 atom stereocenters. The van der Waals surface area contributed by atoms with Crippen LogP contribution in [0.3, 0.4) is 0 Å². The smallest absolute Gasteiger partial charge is 0.251 e. The Morgan fingerprint density at radius 1 is 1.14 bits per heavy atom. The molecule has 2 aromatic carbocycles. The molecule has 6 heteroatoms. The van der Waals surface area contributed by atoms with Crippen molar-refractivity contribution in [2.75, 3.05) is 18.0 Å². The van der Waals surface area contributed by atoms with Gasteiger partial charge in [-0.05, 0) is 62.1 Å². The topological polar surface area (TPSA) is 61.4 Å². The Kier molecular flexibility index (Phi) is 6.29. The molecule has 0 spiro atoms. The Balaban J connectivity index is 1.67. The van der Waals surface area contributed by atoms with Crippen LogP contribution >= 0.6 is 0 Å². The Labute approximate surface area is 164 Å². The molecule has 0 aliphatic carbocycles. The van der Waals surface area contributed by atoms with Crippen LogP contribution in [0.1, 0.15) is 41.8 Å². The van der Waals surface area contributed by atoms with Gasteiger partial charge in [-0.25, -0.2) is 4.39 Å². The van der Waals surface area contributed by atoms with E-state index in [1.165, 1.54) is 12.1 Å². The molecular formula is C22H26FN3O2. The van der Waals surface area contributed by atoms with Gasteiger partial charge in [0.1, 0.15) is 5.82 Å². The predicted molar refractivity (Wildman–Crippen MR) is 108 cm³/mol. The highest BCUT2D eigenvalue weighted by Gasteiger charge is 2.23. The van der Waals surface area contributed by atoms with Crippen LogP contribution in [0.4, 0.5) is 10.1 Å². The van der Waals surface area contributed by atoms with Crippen LogP contribution in [0.5, 0.6) is 0 Å². The zero-order chi connectivity index (χ0) is 20.1. The zero-order valence-corrected chi connectivity index (χ0v) is 16.3. The van der Waals surface area contributed by atoms with E-state index in [2.05, 4.69) is 10.6 Å². The van der Waals surface area contributed by atoms with Crippen LogP contribution in [0.2, 0.25) is 0 Å². The third-order valence-electron chi connectivity index (χ3n) is 4.75. The van der Waals surface area contributed by atoms with Gasteiger partial charge in [-0.15, -0.1) is 0 Å². The fourth-order valence-electron chi connectivity index (χ4n) is 3.45. The Bertz CT molecular complexity index is 849. The number of anilines is 1. The molecule has 0 unspecified atom stereocenters. The molecular weight excluding hydrogens is 357 g/mol. The number of carbonyl (C=O) groups is 2. The van der Waals surface area contributed by atoms with Crippen molar-refractivity contribution in [3.8, 4) is 0 Å². The largest absolute Gasteiger partial charge is 0.362 e.